The third kappa shape index (κ3) is 2.99. The highest BCUT2D eigenvalue weighted by molar-refractivity contribution is 5.76. The number of nitrogens with zero attached hydrogens (tertiary/aromatic N) is 1. The predicted molar refractivity (Wildman–Crippen MR) is 74.6 cm³/mol. The Morgan fingerprint density at radius 2 is 2.00 bits per heavy atom. The zero-order chi connectivity index (χ0) is 13.1. The highest BCUT2D eigenvalue weighted by Crippen LogP contribution is 2.25. The fourth-order valence-electron chi connectivity index (χ4n) is 2.97. The summed E-state index contributed by atoms with van der Waals surface area (Å²) in [7, 11) is 0. The monoisotopic (exact) mass is 245 g/mol. The Balaban J connectivity index is 2.10. The molecule has 18 heavy (non-hydrogen) atoms. The third-order valence-electron chi connectivity index (χ3n) is 4.03. The fourth-order valence-corrected chi connectivity index (χ4v) is 2.97. The van der Waals surface area contributed by atoms with E-state index in [1.807, 2.05) is 0 Å². The number of carbonyl (C=O) groups is 1. The highest BCUT2D eigenvalue weighted by Gasteiger charge is 2.26. The molecule has 98 valence electrons. The Morgan fingerprint density at radius 3 is 2.61 bits per heavy atom. The maximum atomic E-state index is 11.3. The molecule has 1 aliphatic heterocycles. The van der Waals surface area contributed by atoms with Gasteiger partial charge < -0.3 is 0 Å². The largest absolute Gasteiger partial charge is 0.300 e. The lowest BCUT2D eigenvalue weighted by molar-refractivity contribution is -0.118. The minimum atomic E-state index is 0.313. The van der Waals surface area contributed by atoms with Crippen molar-refractivity contribution in [3.8, 4) is 0 Å². The quantitative estimate of drug-likeness (QED) is 0.811. The first-order valence-corrected chi connectivity index (χ1v) is 6.86. The summed E-state index contributed by atoms with van der Waals surface area (Å²) in [6, 6.07) is 6.93. The molecular weight excluding hydrogens is 222 g/mol. The summed E-state index contributed by atoms with van der Waals surface area (Å²) < 4.78 is 0. The van der Waals surface area contributed by atoms with Gasteiger partial charge in [0.2, 0.25) is 0 Å². The number of aryl methyl sites for hydroxylation is 2. The van der Waals surface area contributed by atoms with E-state index in [1.165, 1.54) is 29.5 Å². The van der Waals surface area contributed by atoms with Crippen molar-refractivity contribution in [3.63, 3.8) is 0 Å². The Kier molecular flexibility index (Phi) is 4.18. The molecule has 0 radical (unpaired) electrons. The van der Waals surface area contributed by atoms with E-state index in [1.54, 1.807) is 6.92 Å². The summed E-state index contributed by atoms with van der Waals surface area (Å²) in [4.78, 5) is 13.8. The summed E-state index contributed by atoms with van der Waals surface area (Å²) in [6.45, 7) is 8.19. The Hall–Kier alpha value is -1.15. The standard InChI is InChI=1S/C16H23NO/c1-12-6-4-7-13(2)16(12)11-17-9-5-8-15(17)10-14(3)18/h4,6-7,15H,5,8-11H2,1-3H3. The molecular formula is C16H23NO. The number of benzene rings is 1. The van der Waals surface area contributed by atoms with Crippen LogP contribution in [0.25, 0.3) is 0 Å². The Labute approximate surface area is 110 Å². The van der Waals surface area contributed by atoms with Crippen molar-refractivity contribution >= 4 is 5.78 Å². The molecule has 0 amide bonds. The van der Waals surface area contributed by atoms with Gasteiger partial charge in [-0.1, -0.05) is 18.2 Å². The van der Waals surface area contributed by atoms with E-state index in [9.17, 15) is 4.79 Å². The van der Waals surface area contributed by atoms with Crippen LogP contribution in [-0.2, 0) is 11.3 Å². The lowest BCUT2D eigenvalue weighted by atomic mass is 10.0. The van der Waals surface area contributed by atoms with E-state index in [0.717, 1.165) is 13.1 Å². The van der Waals surface area contributed by atoms with Gasteiger partial charge in [-0.05, 0) is 56.8 Å². The third-order valence-corrected chi connectivity index (χ3v) is 4.03. The van der Waals surface area contributed by atoms with Crippen LogP contribution >= 0.6 is 0 Å². The van der Waals surface area contributed by atoms with Crippen molar-refractivity contribution in [1.82, 2.24) is 4.90 Å². The molecule has 2 nitrogen and oxygen atoms in total. The molecule has 1 unspecified atom stereocenters. The first-order valence-electron chi connectivity index (χ1n) is 6.86. The van der Waals surface area contributed by atoms with E-state index in [0.29, 0.717) is 18.2 Å². The van der Waals surface area contributed by atoms with Crippen LogP contribution < -0.4 is 0 Å². The SMILES string of the molecule is CC(=O)CC1CCCN1Cc1c(C)cccc1C. The van der Waals surface area contributed by atoms with Gasteiger partial charge >= 0.3 is 0 Å². The molecule has 2 heteroatoms. The van der Waals surface area contributed by atoms with Crippen molar-refractivity contribution < 1.29 is 4.79 Å². The van der Waals surface area contributed by atoms with Crippen LogP contribution in [-0.4, -0.2) is 23.3 Å². The van der Waals surface area contributed by atoms with Crippen molar-refractivity contribution in [3.05, 3.63) is 34.9 Å². The van der Waals surface area contributed by atoms with Gasteiger partial charge in [-0.25, -0.2) is 0 Å². The summed E-state index contributed by atoms with van der Waals surface area (Å²) in [5.74, 6) is 0.313. The van der Waals surface area contributed by atoms with Crippen LogP contribution in [0.1, 0.15) is 42.9 Å². The van der Waals surface area contributed by atoms with Crippen LogP contribution in [0.2, 0.25) is 0 Å². The van der Waals surface area contributed by atoms with E-state index in [2.05, 4.69) is 36.9 Å². The van der Waals surface area contributed by atoms with Gasteiger partial charge in [0.15, 0.2) is 0 Å². The van der Waals surface area contributed by atoms with Gasteiger partial charge in [-0.3, -0.25) is 9.69 Å². The number of likely N-dealkylation sites (tertiary alicyclic amines) is 1. The number of hydrogen-bond acceptors (Lipinski definition) is 2. The van der Waals surface area contributed by atoms with Crippen LogP contribution in [0.4, 0.5) is 0 Å². The van der Waals surface area contributed by atoms with Crippen molar-refractivity contribution in [1.29, 1.82) is 0 Å². The topological polar surface area (TPSA) is 20.3 Å². The molecule has 0 N–H and O–H groups in total. The van der Waals surface area contributed by atoms with E-state index in [-0.39, 0.29) is 0 Å². The second-order valence-corrected chi connectivity index (χ2v) is 5.54. The number of hydrogen-bond donors (Lipinski definition) is 0. The molecule has 0 spiro atoms. The van der Waals surface area contributed by atoms with Gasteiger partial charge in [-0.15, -0.1) is 0 Å². The van der Waals surface area contributed by atoms with Crippen molar-refractivity contribution in [2.75, 3.05) is 6.54 Å². The van der Waals surface area contributed by atoms with Crippen LogP contribution in [0.3, 0.4) is 0 Å². The van der Waals surface area contributed by atoms with Gasteiger partial charge in [0.05, 0.1) is 0 Å². The minimum Gasteiger partial charge on any atom is -0.300 e. The summed E-state index contributed by atoms with van der Waals surface area (Å²) in [6.07, 6.45) is 3.11. The second kappa shape index (κ2) is 5.66. The molecule has 0 aromatic heterocycles. The van der Waals surface area contributed by atoms with Gasteiger partial charge in [0, 0.05) is 19.0 Å². The molecule has 1 aromatic rings. The molecule has 2 rings (SSSR count). The number of Topliss-reactive ketones (excluding diaryl/α,β-unsaturated/α-hetero) is 1. The predicted octanol–water partition coefficient (Wildman–Crippen LogP) is 3.25. The van der Waals surface area contributed by atoms with Gasteiger partial charge in [0.25, 0.3) is 0 Å². The molecule has 0 aliphatic carbocycles. The van der Waals surface area contributed by atoms with Gasteiger partial charge in [0.1, 0.15) is 5.78 Å². The van der Waals surface area contributed by atoms with E-state index in [4.69, 9.17) is 0 Å². The van der Waals surface area contributed by atoms with E-state index >= 15 is 0 Å². The maximum Gasteiger partial charge on any atom is 0.131 e. The first-order chi connectivity index (χ1) is 8.58. The number of ketones is 1. The Morgan fingerprint density at radius 1 is 1.33 bits per heavy atom. The highest BCUT2D eigenvalue weighted by atomic mass is 16.1. The summed E-state index contributed by atoms with van der Waals surface area (Å²) in [5.41, 5.74) is 4.17. The van der Waals surface area contributed by atoms with Crippen molar-refractivity contribution in [2.24, 2.45) is 0 Å². The van der Waals surface area contributed by atoms with Crippen LogP contribution in [0, 0.1) is 13.8 Å². The Bertz CT molecular complexity index is 418. The van der Waals surface area contributed by atoms with Crippen molar-refractivity contribution in [2.45, 2.75) is 52.6 Å². The minimum absolute atomic E-state index is 0.313. The molecule has 1 aliphatic rings. The summed E-state index contributed by atoms with van der Waals surface area (Å²) in [5, 5.41) is 0. The zero-order valence-corrected chi connectivity index (χ0v) is 11.7. The lowest BCUT2D eigenvalue weighted by Crippen LogP contribution is -2.31. The fraction of sp³-hybridized carbons (Fsp3) is 0.562. The smallest absolute Gasteiger partial charge is 0.131 e. The normalized spacial score (nSPS) is 20.3. The average molecular weight is 245 g/mol. The number of carbonyl (C=O) groups excluding carboxylic acids is 1. The summed E-state index contributed by atoms with van der Waals surface area (Å²) >= 11 is 0. The molecule has 0 saturated carbocycles. The molecule has 1 fully saturated rings. The molecule has 1 heterocycles. The molecule has 1 saturated heterocycles. The van der Waals surface area contributed by atoms with Gasteiger partial charge in [-0.2, -0.15) is 0 Å². The molecule has 1 aromatic carbocycles. The van der Waals surface area contributed by atoms with Crippen LogP contribution in [0.5, 0.6) is 0 Å². The zero-order valence-electron chi connectivity index (χ0n) is 11.7. The van der Waals surface area contributed by atoms with E-state index < -0.39 is 0 Å². The molecule has 0 bridgehead atoms. The maximum absolute atomic E-state index is 11.3. The lowest BCUT2D eigenvalue weighted by Gasteiger charge is -2.25. The first kappa shape index (κ1) is 13.3. The number of rotatable bonds is 4. The second-order valence-electron chi connectivity index (χ2n) is 5.54. The van der Waals surface area contributed by atoms with Crippen LogP contribution in [0.15, 0.2) is 18.2 Å². The average Bonchev–Trinajstić information content (AvgIpc) is 2.70. The molecule has 1 atom stereocenters.